The second-order valence-electron chi connectivity index (χ2n) is 5.48. The van der Waals surface area contributed by atoms with E-state index in [1.165, 1.54) is 24.1 Å². The molecule has 1 heterocycles. The smallest absolute Gasteiger partial charge is 0.238 e. The second-order valence-corrected chi connectivity index (χ2v) is 5.48. The number of likely N-dealkylation sites (N-methyl/N-ethyl adjacent to an activating group) is 1. The van der Waals surface area contributed by atoms with Crippen molar-refractivity contribution in [3.8, 4) is 0 Å². The third kappa shape index (κ3) is 3.70. The Morgan fingerprint density at radius 1 is 1.32 bits per heavy atom. The van der Waals surface area contributed by atoms with E-state index in [0.717, 1.165) is 18.8 Å². The van der Waals surface area contributed by atoms with E-state index >= 15 is 0 Å². The Kier molecular flexibility index (Phi) is 4.43. The van der Waals surface area contributed by atoms with Crippen LogP contribution in [0.5, 0.6) is 0 Å². The maximum Gasteiger partial charge on any atom is 0.238 e. The van der Waals surface area contributed by atoms with E-state index in [4.69, 9.17) is 0 Å². The van der Waals surface area contributed by atoms with Crippen LogP contribution in [-0.4, -0.2) is 44.5 Å². The minimum atomic E-state index is 0.0289. The molecule has 1 saturated heterocycles. The molecule has 2 rings (SSSR count). The molecule has 0 spiro atoms. The van der Waals surface area contributed by atoms with E-state index < -0.39 is 0 Å². The van der Waals surface area contributed by atoms with Crippen molar-refractivity contribution in [2.75, 3.05) is 43.9 Å². The summed E-state index contributed by atoms with van der Waals surface area (Å²) in [7, 11) is 3.79. The van der Waals surface area contributed by atoms with Gasteiger partial charge in [0.2, 0.25) is 5.91 Å². The van der Waals surface area contributed by atoms with E-state index in [9.17, 15) is 4.79 Å². The van der Waals surface area contributed by atoms with E-state index in [2.05, 4.69) is 29.3 Å². The van der Waals surface area contributed by atoms with Crippen LogP contribution in [0.3, 0.4) is 0 Å². The van der Waals surface area contributed by atoms with Crippen LogP contribution in [0, 0.1) is 6.92 Å². The average Bonchev–Trinajstić information content (AvgIpc) is 2.84. The van der Waals surface area contributed by atoms with Gasteiger partial charge in [-0.05, 0) is 51.6 Å². The number of hydrogen-bond donors (Lipinski definition) is 1. The van der Waals surface area contributed by atoms with Crippen LogP contribution in [0.4, 0.5) is 11.4 Å². The third-order valence-corrected chi connectivity index (χ3v) is 3.40. The van der Waals surface area contributed by atoms with Gasteiger partial charge in [0, 0.05) is 24.5 Å². The molecule has 1 fully saturated rings. The number of hydrogen-bond acceptors (Lipinski definition) is 3. The second kappa shape index (κ2) is 6.06. The summed E-state index contributed by atoms with van der Waals surface area (Å²) < 4.78 is 0. The van der Waals surface area contributed by atoms with Crippen molar-refractivity contribution < 1.29 is 4.79 Å². The van der Waals surface area contributed by atoms with Gasteiger partial charge in [0.05, 0.1) is 6.54 Å². The van der Waals surface area contributed by atoms with Crippen LogP contribution in [0.15, 0.2) is 18.2 Å². The Morgan fingerprint density at radius 3 is 2.63 bits per heavy atom. The zero-order valence-corrected chi connectivity index (χ0v) is 12.1. The van der Waals surface area contributed by atoms with E-state index in [1.54, 1.807) is 0 Å². The minimum absolute atomic E-state index is 0.0289. The largest absolute Gasteiger partial charge is 0.371 e. The number of amides is 1. The van der Waals surface area contributed by atoms with Gasteiger partial charge >= 0.3 is 0 Å². The molecule has 1 aromatic rings. The molecule has 1 aromatic carbocycles. The lowest BCUT2D eigenvalue weighted by Crippen LogP contribution is -2.27. The first-order chi connectivity index (χ1) is 9.06. The maximum absolute atomic E-state index is 11.8. The standard InChI is InChI=1S/C15H23N3O/c1-12-6-7-13(16-15(19)11-17(2)3)10-14(12)18-8-4-5-9-18/h6-7,10H,4-5,8-9,11H2,1-3H3,(H,16,19). The van der Waals surface area contributed by atoms with Crippen LogP contribution in [0.25, 0.3) is 0 Å². The number of nitrogens with zero attached hydrogens (tertiary/aromatic N) is 2. The SMILES string of the molecule is Cc1ccc(NC(=O)CN(C)C)cc1N1CCCC1. The lowest BCUT2D eigenvalue weighted by atomic mass is 10.1. The summed E-state index contributed by atoms with van der Waals surface area (Å²) in [6.07, 6.45) is 2.52. The molecular formula is C15H23N3O. The highest BCUT2D eigenvalue weighted by atomic mass is 16.2. The molecule has 1 aliphatic heterocycles. The molecule has 1 amide bonds. The summed E-state index contributed by atoms with van der Waals surface area (Å²) in [5.74, 6) is 0.0289. The first kappa shape index (κ1) is 13.9. The van der Waals surface area contributed by atoms with E-state index in [1.807, 2.05) is 25.1 Å². The molecule has 4 nitrogen and oxygen atoms in total. The van der Waals surface area contributed by atoms with Crippen LogP contribution in [0.1, 0.15) is 18.4 Å². The van der Waals surface area contributed by atoms with Crippen molar-refractivity contribution in [3.63, 3.8) is 0 Å². The van der Waals surface area contributed by atoms with Gasteiger partial charge in [0.15, 0.2) is 0 Å². The quantitative estimate of drug-likeness (QED) is 0.901. The molecule has 1 aliphatic rings. The lowest BCUT2D eigenvalue weighted by molar-refractivity contribution is -0.116. The van der Waals surface area contributed by atoms with Gasteiger partial charge in [-0.1, -0.05) is 6.07 Å². The number of anilines is 2. The molecule has 0 aromatic heterocycles. The summed E-state index contributed by atoms with van der Waals surface area (Å²) in [6.45, 7) is 4.78. The van der Waals surface area contributed by atoms with Crippen LogP contribution < -0.4 is 10.2 Å². The van der Waals surface area contributed by atoms with Crippen LogP contribution in [0.2, 0.25) is 0 Å². The van der Waals surface area contributed by atoms with Gasteiger partial charge in [-0.25, -0.2) is 0 Å². The average molecular weight is 261 g/mol. The van der Waals surface area contributed by atoms with Crippen molar-refractivity contribution in [2.24, 2.45) is 0 Å². The van der Waals surface area contributed by atoms with Crippen LogP contribution in [-0.2, 0) is 4.79 Å². The molecule has 104 valence electrons. The van der Waals surface area contributed by atoms with Crippen molar-refractivity contribution in [3.05, 3.63) is 23.8 Å². The first-order valence-electron chi connectivity index (χ1n) is 6.86. The van der Waals surface area contributed by atoms with Crippen molar-refractivity contribution >= 4 is 17.3 Å². The summed E-state index contributed by atoms with van der Waals surface area (Å²) in [6, 6.07) is 6.15. The van der Waals surface area contributed by atoms with Gasteiger partial charge in [0.25, 0.3) is 0 Å². The predicted molar refractivity (Wildman–Crippen MR) is 79.8 cm³/mol. The topological polar surface area (TPSA) is 35.6 Å². The molecule has 4 heteroatoms. The number of nitrogens with one attached hydrogen (secondary N) is 1. The highest BCUT2D eigenvalue weighted by Crippen LogP contribution is 2.27. The van der Waals surface area contributed by atoms with E-state index in [-0.39, 0.29) is 5.91 Å². The fourth-order valence-corrected chi connectivity index (χ4v) is 2.47. The summed E-state index contributed by atoms with van der Waals surface area (Å²) in [5, 5.41) is 2.96. The number of carbonyl (C=O) groups is 1. The van der Waals surface area contributed by atoms with Gasteiger partial charge in [-0.3, -0.25) is 4.79 Å². The predicted octanol–water partition coefficient (Wildman–Crippen LogP) is 2.10. The van der Waals surface area contributed by atoms with Gasteiger partial charge in [0.1, 0.15) is 0 Å². The number of carbonyl (C=O) groups excluding carboxylic acids is 1. The first-order valence-corrected chi connectivity index (χ1v) is 6.86. The molecule has 0 bridgehead atoms. The Labute approximate surface area is 115 Å². The summed E-state index contributed by atoms with van der Waals surface area (Å²) >= 11 is 0. The molecular weight excluding hydrogens is 238 g/mol. The fourth-order valence-electron chi connectivity index (χ4n) is 2.47. The Morgan fingerprint density at radius 2 is 2.00 bits per heavy atom. The Balaban J connectivity index is 2.09. The highest BCUT2D eigenvalue weighted by Gasteiger charge is 2.15. The van der Waals surface area contributed by atoms with Crippen molar-refractivity contribution in [2.45, 2.75) is 19.8 Å². The van der Waals surface area contributed by atoms with Crippen molar-refractivity contribution in [1.82, 2.24) is 4.90 Å². The molecule has 19 heavy (non-hydrogen) atoms. The molecule has 0 atom stereocenters. The summed E-state index contributed by atoms with van der Waals surface area (Å²) in [5.41, 5.74) is 3.41. The van der Waals surface area contributed by atoms with Gasteiger partial charge in [-0.15, -0.1) is 0 Å². The lowest BCUT2D eigenvalue weighted by Gasteiger charge is -2.21. The molecule has 0 saturated carbocycles. The molecule has 0 unspecified atom stereocenters. The molecule has 0 radical (unpaired) electrons. The Bertz CT molecular complexity index is 451. The third-order valence-electron chi connectivity index (χ3n) is 3.40. The van der Waals surface area contributed by atoms with Gasteiger partial charge in [-0.2, -0.15) is 0 Å². The molecule has 0 aliphatic carbocycles. The van der Waals surface area contributed by atoms with Gasteiger partial charge < -0.3 is 15.1 Å². The summed E-state index contributed by atoms with van der Waals surface area (Å²) in [4.78, 5) is 16.0. The fraction of sp³-hybridized carbons (Fsp3) is 0.533. The maximum atomic E-state index is 11.8. The Hall–Kier alpha value is -1.55. The number of benzene rings is 1. The zero-order valence-electron chi connectivity index (χ0n) is 12.1. The normalized spacial score (nSPS) is 15.1. The number of rotatable bonds is 4. The van der Waals surface area contributed by atoms with E-state index in [0.29, 0.717) is 6.54 Å². The highest BCUT2D eigenvalue weighted by molar-refractivity contribution is 5.92. The monoisotopic (exact) mass is 261 g/mol. The zero-order chi connectivity index (χ0) is 13.8. The van der Waals surface area contributed by atoms with Crippen molar-refractivity contribution in [1.29, 1.82) is 0 Å². The number of aryl methyl sites for hydroxylation is 1. The molecule has 1 N–H and O–H groups in total. The minimum Gasteiger partial charge on any atom is -0.371 e. The van der Waals surface area contributed by atoms with Crippen LogP contribution >= 0.6 is 0 Å².